The van der Waals surface area contributed by atoms with Crippen LogP contribution in [0.3, 0.4) is 0 Å². The summed E-state index contributed by atoms with van der Waals surface area (Å²) < 4.78 is 19.6. The Bertz CT molecular complexity index is 1930. The standard InChI is InChI=1S/C37H40Cl2N6O5/c1-37(2)21-49-12-11-44(37)36(47)34-30-20-50-32-18-31(48-3)28(17-29(32)35(30)45(42-34)27-15-23(38)14-24(39)16-27)22-5-4-6-26(13-22)41-33(46)19-43-9-7-25(40)8-10-43/h4-6,13-18,25H,7-12,19-21,40H2,1-3H3,(H,41,46). The van der Waals surface area contributed by atoms with Crippen molar-refractivity contribution in [2.24, 2.45) is 5.73 Å². The van der Waals surface area contributed by atoms with Crippen molar-refractivity contribution in [2.75, 3.05) is 51.8 Å². The highest BCUT2D eigenvalue weighted by atomic mass is 35.5. The maximum Gasteiger partial charge on any atom is 0.275 e. The van der Waals surface area contributed by atoms with Gasteiger partial charge in [0.1, 0.15) is 18.1 Å². The van der Waals surface area contributed by atoms with Crippen LogP contribution in [0, 0.1) is 0 Å². The summed E-state index contributed by atoms with van der Waals surface area (Å²) in [5, 5.41) is 8.85. The number of amides is 2. The van der Waals surface area contributed by atoms with Crippen molar-refractivity contribution in [2.45, 2.75) is 44.9 Å². The lowest BCUT2D eigenvalue weighted by atomic mass is 9.95. The second kappa shape index (κ2) is 13.9. The Kier molecular flexibility index (Phi) is 9.53. The molecular weight excluding hydrogens is 679 g/mol. The highest BCUT2D eigenvalue weighted by Crippen LogP contribution is 2.47. The number of carbonyl (C=O) groups excluding carboxylic acids is 2. The van der Waals surface area contributed by atoms with E-state index in [1.54, 1.807) is 30.0 Å². The number of hydrogen-bond donors (Lipinski definition) is 2. The average Bonchev–Trinajstić information content (AvgIpc) is 3.48. The van der Waals surface area contributed by atoms with Gasteiger partial charge in [0.05, 0.1) is 43.8 Å². The summed E-state index contributed by atoms with van der Waals surface area (Å²) in [5.74, 6) is 0.864. The SMILES string of the molecule is COc1cc2c(cc1-c1cccc(NC(=O)CN3CCC(N)CC3)c1)-c1c(c(C(=O)N3CCOCC3(C)C)nn1-c1cc(Cl)cc(Cl)c1)CO2. The molecule has 2 amide bonds. The first kappa shape index (κ1) is 34.3. The number of piperidine rings is 1. The molecule has 7 rings (SSSR count). The minimum absolute atomic E-state index is 0.0854. The van der Waals surface area contributed by atoms with Crippen LogP contribution in [0.4, 0.5) is 5.69 Å². The van der Waals surface area contributed by atoms with Gasteiger partial charge in [0.2, 0.25) is 5.91 Å². The Labute approximate surface area is 301 Å². The zero-order valence-electron chi connectivity index (χ0n) is 28.3. The molecule has 3 aliphatic heterocycles. The van der Waals surface area contributed by atoms with Crippen LogP contribution in [-0.2, 0) is 16.1 Å². The van der Waals surface area contributed by atoms with Crippen LogP contribution < -0.4 is 20.5 Å². The number of hydrogen-bond acceptors (Lipinski definition) is 8. The number of aromatic nitrogens is 2. The number of carbonyl (C=O) groups is 2. The molecule has 3 N–H and O–H groups in total. The highest BCUT2D eigenvalue weighted by Gasteiger charge is 2.39. The van der Waals surface area contributed by atoms with Crippen molar-refractivity contribution in [3.8, 4) is 39.6 Å². The van der Waals surface area contributed by atoms with Crippen LogP contribution in [0.15, 0.2) is 54.6 Å². The van der Waals surface area contributed by atoms with Gasteiger partial charge < -0.3 is 30.2 Å². The van der Waals surface area contributed by atoms with Gasteiger partial charge in [-0.2, -0.15) is 5.10 Å². The summed E-state index contributed by atoms with van der Waals surface area (Å²) in [6.07, 6.45) is 1.77. The largest absolute Gasteiger partial charge is 0.496 e. The first-order chi connectivity index (χ1) is 24.0. The number of fused-ring (bicyclic) bond motifs is 3. The van der Waals surface area contributed by atoms with Gasteiger partial charge in [0, 0.05) is 64.2 Å². The Balaban J connectivity index is 1.29. The first-order valence-electron chi connectivity index (χ1n) is 16.7. The zero-order valence-corrected chi connectivity index (χ0v) is 29.8. The number of ether oxygens (including phenoxy) is 3. The second-order valence-electron chi connectivity index (χ2n) is 13.6. The van der Waals surface area contributed by atoms with Crippen LogP contribution in [0.2, 0.25) is 10.0 Å². The van der Waals surface area contributed by atoms with E-state index in [1.807, 2.05) is 55.1 Å². The molecule has 262 valence electrons. The molecule has 4 aromatic rings. The smallest absolute Gasteiger partial charge is 0.275 e. The van der Waals surface area contributed by atoms with Crippen LogP contribution in [0.25, 0.3) is 28.1 Å². The van der Waals surface area contributed by atoms with Crippen molar-refractivity contribution in [3.63, 3.8) is 0 Å². The van der Waals surface area contributed by atoms with E-state index in [1.165, 1.54) is 0 Å². The van der Waals surface area contributed by atoms with Gasteiger partial charge in [-0.25, -0.2) is 4.68 Å². The van der Waals surface area contributed by atoms with Gasteiger partial charge in [0.25, 0.3) is 5.91 Å². The van der Waals surface area contributed by atoms with E-state index >= 15 is 0 Å². The molecule has 0 unspecified atom stereocenters. The molecule has 0 spiro atoms. The number of nitrogens with one attached hydrogen (secondary N) is 1. The second-order valence-corrected chi connectivity index (χ2v) is 14.5. The molecule has 2 saturated heterocycles. The molecule has 11 nitrogen and oxygen atoms in total. The quantitative estimate of drug-likeness (QED) is 0.238. The van der Waals surface area contributed by atoms with Crippen molar-refractivity contribution < 1.29 is 23.8 Å². The third-order valence-corrected chi connectivity index (χ3v) is 9.99. The van der Waals surface area contributed by atoms with Gasteiger partial charge in [-0.05, 0) is 68.7 Å². The van der Waals surface area contributed by atoms with Gasteiger partial charge >= 0.3 is 0 Å². The lowest BCUT2D eigenvalue weighted by Gasteiger charge is -2.41. The van der Waals surface area contributed by atoms with Crippen molar-refractivity contribution in [3.05, 3.63) is 75.9 Å². The van der Waals surface area contributed by atoms with E-state index < -0.39 is 5.54 Å². The molecule has 3 aliphatic rings. The summed E-state index contributed by atoms with van der Waals surface area (Å²) in [6, 6.07) is 16.8. The summed E-state index contributed by atoms with van der Waals surface area (Å²) in [6.45, 7) is 7.30. The van der Waals surface area contributed by atoms with E-state index in [4.69, 9.17) is 48.2 Å². The van der Waals surface area contributed by atoms with Crippen molar-refractivity contribution in [1.82, 2.24) is 19.6 Å². The average molecular weight is 720 g/mol. The lowest BCUT2D eigenvalue weighted by molar-refractivity contribution is -0.117. The van der Waals surface area contributed by atoms with E-state index in [0.29, 0.717) is 76.0 Å². The Morgan fingerprint density at radius 1 is 1.04 bits per heavy atom. The molecule has 13 heteroatoms. The van der Waals surface area contributed by atoms with Gasteiger partial charge in [-0.3, -0.25) is 14.5 Å². The Hall–Kier alpha value is -4.13. The molecule has 0 atom stereocenters. The van der Waals surface area contributed by atoms with E-state index in [2.05, 4.69) is 10.2 Å². The van der Waals surface area contributed by atoms with Crippen LogP contribution in [0.1, 0.15) is 42.7 Å². The predicted octanol–water partition coefficient (Wildman–Crippen LogP) is 6.03. The maximum absolute atomic E-state index is 14.3. The highest BCUT2D eigenvalue weighted by molar-refractivity contribution is 6.34. The number of nitrogens with two attached hydrogens (primary N) is 1. The number of likely N-dealkylation sites (tertiary alicyclic amines) is 1. The molecule has 50 heavy (non-hydrogen) atoms. The number of rotatable bonds is 7. The summed E-state index contributed by atoms with van der Waals surface area (Å²) in [5.41, 5.74) is 10.7. The van der Waals surface area contributed by atoms with E-state index in [-0.39, 0.29) is 30.2 Å². The molecule has 0 saturated carbocycles. The number of benzene rings is 3. The molecular formula is C37H40Cl2N6O5. The third kappa shape index (κ3) is 6.80. The Morgan fingerprint density at radius 3 is 2.52 bits per heavy atom. The predicted molar refractivity (Wildman–Crippen MR) is 194 cm³/mol. The Morgan fingerprint density at radius 2 is 1.80 bits per heavy atom. The molecule has 0 radical (unpaired) electrons. The maximum atomic E-state index is 14.3. The normalized spacial score (nSPS) is 17.4. The van der Waals surface area contributed by atoms with E-state index in [9.17, 15) is 9.59 Å². The van der Waals surface area contributed by atoms with Gasteiger partial charge in [-0.15, -0.1) is 0 Å². The fourth-order valence-corrected chi connectivity index (χ4v) is 7.45. The van der Waals surface area contributed by atoms with Crippen LogP contribution in [0.5, 0.6) is 11.5 Å². The minimum Gasteiger partial charge on any atom is -0.496 e. The van der Waals surface area contributed by atoms with Gasteiger partial charge in [0.15, 0.2) is 5.69 Å². The summed E-state index contributed by atoms with van der Waals surface area (Å²) in [7, 11) is 1.61. The van der Waals surface area contributed by atoms with Crippen LogP contribution in [-0.4, -0.2) is 89.5 Å². The third-order valence-electron chi connectivity index (χ3n) is 9.55. The lowest BCUT2D eigenvalue weighted by Crippen LogP contribution is -2.55. The summed E-state index contributed by atoms with van der Waals surface area (Å²) in [4.78, 5) is 31.2. The first-order valence-corrected chi connectivity index (χ1v) is 17.5. The molecule has 0 bridgehead atoms. The zero-order chi connectivity index (χ0) is 35.2. The number of halogens is 2. The number of nitrogens with zero attached hydrogens (tertiary/aromatic N) is 4. The summed E-state index contributed by atoms with van der Waals surface area (Å²) >= 11 is 12.9. The van der Waals surface area contributed by atoms with Crippen molar-refractivity contribution in [1.29, 1.82) is 0 Å². The van der Waals surface area contributed by atoms with Crippen LogP contribution >= 0.6 is 23.2 Å². The monoisotopic (exact) mass is 718 g/mol. The topological polar surface area (TPSA) is 124 Å². The molecule has 0 aliphatic carbocycles. The number of methoxy groups -OCH3 is 1. The molecule has 1 aromatic heterocycles. The minimum atomic E-state index is -0.527. The number of morpholine rings is 1. The molecule has 4 heterocycles. The fourth-order valence-electron chi connectivity index (χ4n) is 6.94. The van der Waals surface area contributed by atoms with E-state index in [0.717, 1.165) is 37.1 Å². The molecule has 2 fully saturated rings. The van der Waals surface area contributed by atoms with Gasteiger partial charge in [-0.1, -0.05) is 35.3 Å². The number of anilines is 1. The van der Waals surface area contributed by atoms with Crippen molar-refractivity contribution >= 4 is 40.7 Å². The molecule has 3 aromatic carbocycles. The fraction of sp³-hybridized carbons (Fsp3) is 0.378.